The Morgan fingerprint density at radius 3 is 2.52 bits per heavy atom. The van der Waals surface area contributed by atoms with Crippen molar-refractivity contribution in [3.63, 3.8) is 0 Å². The topological polar surface area (TPSA) is 88.3 Å². The third kappa shape index (κ3) is 3.17. The van der Waals surface area contributed by atoms with Gasteiger partial charge in [0, 0.05) is 25.7 Å². The molecule has 3 heterocycles. The second-order valence-electron chi connectivity index (χ2n) is 5.31. The summed E-state index contributed by atoms with van der Waals surface area (Å²) in [5.74, 6) is 0.708. The van der Waals surface area contributed by atoms with Gasteiger partial charge in [-0.05, 0) is 29.0 Å². The summed E-state index contributed by atoms with van der Waals surface area (Å²) in [4.78, 5) is 26.2. The van der Waals surface area contributed by atoms with Gasteiger partial charge in [0.15, 0.2) is 12.0 Å². The maximum absolute atomic E-state index is 13.0. The van der Waals surface area contributed by atoms with Gasteiger partial charge in [0.1, 0.15) is 17.8 Å². The molecule has 1 aliphatic heterocycles. The third-order valence-corrected chi connectivity index (χ3v) is 3.77. The van der Waals surface area contributed by atoms with Crippen LogP contribution in [0.1, 0.15) is 6.92 Å². The lowest BCUT2D eigenvalue weighted by atomic mass is 10.2. The van der Waals surface area contributed by atoms with E-state index < -0.39 is 4.92 Å². The summed E-state index contributed by atoms with van der Waals surface area (Å²) >= 11 is 0. The van der Waals surface area contributed by atoms with E-state index in [2.05, 4.69) is 19.9 Å². The first kappa shape index (κ1) is 15.1. The summed E-state index contributed by atoms with van der Waals surface area (Å²) in [5.41, 5.74) is 0. The van der Waals surface area contributed by atoms with Gasteiger partial charge < -0.3 is 19.9 Å². The smallest absolute Gasteiger partial charge is 0.358 e. The van der Waals surface area contributed by atoms with Crippen molar-refractivity contribution >= 4 is 17.5 Å². The summed E-state index contributed by atoms with van der Waals surface area (Å²) in [6, 6.07) is 3.16. The molecule has 9 heteroatoms. The largest absolute Gasteiger partial charge is 0.382 e. The van der Waals surface area contributed by atoms with Gasteiger partial charge in [-0.15, -0.1) is 0 Å². The highest BCUT2D eigenvalue weighted by Crippen LogP contribution is 2.21. The lowest BCUT2D eigenvalue weighted by Crippen LogP contribution is -2.52. The predicted molar refractivity (Wildman–Crippen MR) is 81.9 cm³/mol. The van der Waals surface area contributed by atoms with Crippen molar-refractivity contribution in [3.8, 4) is 0 Å². The number of nitrogens with zero attached hydrogens (tertiary/aromatic N) is 6. The lowest BCUT2D eigenvalue weighted by Gasteiger charge is -2.40. The molecule has 1 fully saturated rings. The summed E-state index contributed by atoms with van der Waals surface area (Å²) < 4.78 is 13.0. The number of halogens is 1. The number of pyridine rings is 1. The van der Waals surface area contributed by atoms with E-state index in [1.807, 2.05) is 11.8 Å². The van der Waals surface area contributed by atoms with E-state index in [1.165, 1.54) is 18.5 Å². The van der Waals surface area contributed by atoms with E-state index in [9.17, 15) is 14.5 Å². The lowest BCUT2D eigenvalue weighted by molar-refractivity contribution is -0.389. The van der Waals surface area contributed by atoms with Crippen LogP contribution in [0, 0.1) is 15.9 Å². The van der Waals surface area contributed by atoms with Crippen molar-refractivity contribution in [2.24, 2.45) is 0 Å². The molecular formula is C14H15FN6O2. The molecule has 8 nitrogen and oxygen atoms in total. The molecule has 1 aliphatic rings. The molecule has 2 aromatic heterocycles. The minimum atomic E-state index is -0.571. The van der Waals surface area contributed by atoms with Crippen LogP contribution in [0.5, 0.6) is 0 Å². The Kier molecular flexibility index (Phi) is 4.00. The molecule has 0 amide bonds. The fourth-order valence-corrected chi connectivity index (χ4v) is 2.62. The summed E-state index contributed by atoms with van der Waals surface area (Å²) in [6.45, 7) is 4.09. The molecule has 0 N–H and O–H groups in total. The van der Waals surface area contributed by atoms with Crippen molar-refractivity contribution < 1.29 is 9.31 Å². The average Bonchev–Trinajstić information content (AvgIpc) is 2.55. The normalized spacial score (nSPS) is 18.1. The molecule has 0 saturated carbocycles. The van der Waals surface area contributed by atoms with E-state index in [4.69, 9.17) is 0 Å². The Balaban J connectivity index is 1.71. The first-order chi connectivity index (χ1) is 11.0. The summed E-state index contributed by atoms with van der Waals surface area (Å²) in [5, 5.41) is 10.6. The Labute approximate surface area is 131 Å². The Morgan fingerprint density at radius 2 is 1.96 bits per heavy atom. The first-order valence-corrected chi connectivity index (χ1v) is 7.14. The van der Waals surface area contributed by atoms with E-state index in [0.717, 1.165) is 12.0 Å². The molecule has 1 saturated heterocycles. The van der Waals surface area contributed by atoms with Crippen LogP contribution >= 0.6 is 0 Å². The van der Waals surface area contributed by atoms with Crippen LogP contribution in [0.25, 0.3) is 0 Å². The van der Waals surface area contributed by atoms with Crippen LogP contribution in [0.2, 0.25) is 0 Å². The predicted octanol–water partition coefficient (Wildman–Crippen LogP) is 1.63. The Bertz CT molecular complexity index is 693. The van der Waals surface area contributed by atoms with Gasteiger partial charge in [-0.3, -0.25) is 0 Å². The molecule has 23 heavy (non-hydrogen) atoms. The maximum atomic E-state index is 13.0. The quantitative estimate of drug-likeness (QED) is 0.628. The van der Waals surface area contributed by atoms with Crippen LogP contribution in [0.3, 0.4) is 0 Å². The molecule has 0 aromatic carbocycles. The number of nitro groups is 1. The van der Waals surface area contributed by atoms with Gasteiger partial charge in [-0.25, -0.2) is 14.4 Å². The molecule has 120 valence electrons. The third-order valence-electron chi connectivity index (χ3n) is 3.77. The minimum absolute atomic E-state index is 0.117. The summed E-state index contributed by atoms with van der Waals surface area (Å²) in [6.07, 6.45) is 3.78. The van der Waals surface area contributed by atoms with Gasteiger partial charge in [-0.1, -0.05) is 0 Å². The monoisotopic (exact) mass is 318 g/mol. The molecular weight excluding hydrogens is 303 g/mol. The van der Waals surface area contributed by atoms with Gasteiger partial charge in [0.2, 0.25) is 0 Å². The van der Waals surface area contributed by atoms with E-state index >= 15 is 0 Å². The highest BCUT2D eigenvalue weighted by molar-refractivity contribution is 5.45. The molecule has 3 rings (SSSR count). The molecule has 0 unspecified atom stereocenters. The zero-order valence-corrected chi connectivity index (χ0v) is 12.5. The van der Waals surface area contributed by atoms with Crippen LogP contribution in [-0.4, -0.2) is 45.6 Å². The molecule has 1 atom stereocenters. The fourth-order valence-electron chi connectivity index (χ4n) is 2.62. The molecule has 2 aromatic rings. The van der Waals surface area contributed by atoms with Crippen LogP contribution < -0.4 is 9.80 Å². The Hall–Kier alpha value is -2.84. The van der Waals surface area contributed by atoms with Gasteiger partial charge >= 0.3 is 5.82 Å². The highest BCUT2D eigenvalue weighted by atomic mass is 19.1. The number of hydrogen-bond donors (Lipinski definition) is 0. The first-order valence-electron chi connectivity index (χ1n) is 7.14. The van der Waals surface area contributed by atoms with Crippen LogP contribution in [-0.2, 0) is 0 Å². The molecule has 0 aliphatic carbocycles. The highest BCUT2D eigenvalue weighted by Gasteiger charge is 2.26. The molecule has 0 bridgehead atoms. The van der Waals surface area contributed by atoms with E-state index in [0.29, 0.717) is 25.5 Å². The van der Waals surface area contributed by atoms with E-state index in [1.54, 1.807) is 6.07 Å². The number of anilines is 2. The standard InChI is InChI=1S/C14H15FN6O2/c1-10-9-19(12-3-2-11(15)6-16-12)4-5-20(10)13-7-18-14(8-17-13)21(22)23/h2-3,6-8,10H,4-5,9H2,1H3/t10-/m0/s1. The zero-order valence-electron chi connectivity index (χ0n) is 12.5. The zero-order chi connectivity index (χ0) is 16.4. The van der Waals surface area contributed by atoms with Crippen molar-refractivity contribution in [1.29, 1.82) is 0 Å². The maximum Gasteiger partial charge on any atom is 0.382 e. The van der Waals surface area contributed by atoms with Crippen molar-refractivity contribution in [2.75, 3.05) is 29.4 Å². The molecule has 0 radical (unpaired) electrons. The number of hydrogen-bond acceptors (Lipinski definition) is 7. The molecule has 0 spiro atoms. The number of rotatable bonds is 3. The summed E-state index contributed by atoms with van der Waals surface area (Å²) in [7, 11) is 0. The van der Waals surface area contributed by atoms with Crippen LogP contribution in [0.4, 0.5) is 21.8 Å². The van der Waals surface area contributed by atoms with Crippen molar-refractivity contribution in [2.45, 2.75) is 13.0 Å². The van der Waals surface area contributed by atoms with E-state index in [-0.39, 0.29) is 17.7 Å². The number of piperazine rings is 1. The fraction of sp³-hybridized carbons (Fsp3) is 0.357. The van der Waals surface area contributed by atoms with Crippen LogP contribution in [0.15, 0.2) is 30.7 Å². The second kappa shape index (κ2) is 6.11. The SMILES string of the molecule is C[C@H]1CN(c2ccc(F)cn2)CCN1c1cnc([N+](=O)[O-])cn1. The average molecular weight is 318 g/mol. The minimum Gasteiger partial charge on any atom is -0.358 e. The van der Waals surface area contributed by atoms with Crippen molar-refractivity contribution in [3.05, 3.63) is 46.7 Å². The van der Waals surface area contributed by atoms with Crippen molar-refractivity contribution in [1.82, 2.24) is 15.0 Å². The number of aromatic nitrogens is 3. The van der Waals surface area contributed by atoms with Gasteiger partial charge in [0.05, 0.1) is 6.20 Å². The van der Waals surface area contributed by atoms with Gasteiger partial charge in [0.25, 0.3) is 0 Å². The second-order valence-corrected chi connectivity index (χ2v) is 5.31. The van der Waals surface area contributed by atoms with Gasteiger partial charge in [-0.2, -0.15) is 0 Å². The Morgan fingerprint density at radius 1 is 1.17 bits per heavy atom.